The average Bonchev–Trinajstić information content (AvgIpc) is 2.49. The second-order valence-electron chi connectivity index (χ2n) is 4.60. The largest absolute Gasteiger partial charge is 0.487 e. The van der Waals surface area contributed by atoms with Gasteiger partial charge in [-0.05, 0) is 25.5 Å². The Balaban J connectivity index is 2.49. The van der Waals surface area contributed by atoms with Gasteiger partial charge in [0.05, 0.1) is 5.57 Å². The summed E-state index contributed by atoms with van der Waals surface area (Å²) in [6, 6.07) is 5.44. The molecule has 0 spiro atoms. The highest BCUT2D eigenvalue weighted by Gasteiger charge is 2.32. The summed E-state index contributed by atoms with van der Waals surface area (Å²) in [7, 11) is 0. The molecule has 1 aliphatic rings. The Morgan fingerprint density at radius 2 is 2.19 bits per heavy atom. The molecule has 0 unspecified atom stereocenters. The third-order valence-corrected chi connectivity index (χ3v) is 2.71. The second-order valence-corrected chi connectivity index (χ2v) is 4.60. The van der Waals surface area contributed by atoms with Gasteiger partial charge in [-0.15, -0.1) is 0 Å². The van der Waals surface area contributed by atoms with Gasteiger partial charge in [0.15, 0.2) is 0 Å². The maximum Gasteiger partial charge on any atom is 0.335 e. The Labute approximate surface area is 94.4 Å². The third kappa shape index (κ3) is 1.69. The third-order valence-electron chi connectivity index (χ3n) is 2.71. The van der Waals surface area contributed by atoms with Crippen LogP contribution in [0.4, 0.5) is 0 Å². The molecule has 16 heavy (non-hydrogen) atoms. The summed E-state index contributed by atoms with van der Waals surface area (Å²) in [5, 5.41) is 8.96. The molecule has 2 rings (SSSR count). The Hall–Kier alpha value is -1.77. The molecule has 0 amide bonds. The van der Waals surface area contributed by atoms with E-state index in [1.165, 1.54) is 0 Å². The number of carbonyl (C=O) groups is 1. The number of carboxylic acids is 1. The first kappa shape index (κ1) is 10.7. The van der Waals surface area contributed by atoms with Crippen molar-refractivity contribution in [1.29, 1.82) is 0 Å². The van der Waals surface area contributed by atoms with E-state index < -0.39 is 5.97 Å². The second kappa shape index (κ2) is 3.37. The summed E-state index contributed by atoms with van der Waals surface area (Å²) in [6.07, 6.45) is 0.713. The lowest BCUT2D eigenvalue weighted by atomic mass is 9.94. The fraction of sp³-hybridized carbons (Fsp3) is 0.308. The van der Waals surface area contributed by atoms with E-state index in [1.54, 1.807) is 12.1 Å². The topological polar surface area (TPSA) is 46.5 Å². The molecule has 1 aromatic carbocycles. The van der Waals surface area contributed by atoms with Gasteiger partial charge in [-0.1, -0.05) is 18.7 Å². The van der Waals surface area contributed by atoms with Gasteiger partial charge in [-0.3, -0.25) is 0 Å². The fourth-order valence-electron chi connectivity index (χ4n) is 2.00. The number of aliphatic carboxylic acids is 1. The number of rotatable bonds is 2. The van der Waals surface area contributed by atoms with E-state index in [0.717, 1.165) is 11.3 Å². The summed E-state index contributed by atoms with van der Waals surface area (Å²) in [5.41, 5.74) is 1.48. The Kier molecular flexibility index (Phi) is 2.26. The molecular formula is C13H14O3. The minimum Gasteiger partial charge on any atom is -0.487 e. The summed E-state index contributed by atoms with van der Waals surface area (Å²) in [4.78, 5) is 10.9. The van der Waals surface area contributed by atoms with Gasteiger partial charge in [0.25, 0.3) is 0 Å². The molecule has 0 aliphatic carbocycles. The zero-order valence-electron chi connectivity index (χ0n) is 9.41. The predicted octanol–water partition coefficient (Wildman–Crippen LogP) is 2.50. The molecule has 3 heteroatoms. The van der Waals surface area contributed by atoms with Crippen LogP contribution < -0.4 is 4.74 Å². The SMILES string of the molecule is C=C(C(=O)O)c1cccc2c1CC(C)(C)O2. The van der Waals surface area contributed by atoms with E-state index in [9.17, 15) is 4.79 Å². The zero-order chi connectivity index (χ0) is 11.9. The molecule has 84 valence electrons. The summed E-state index contributed by atoms with van der Waals surface area (Å²) < 4.78 is 5.73. The smallest absolute Gasteiger partial charge is 0.335 e. The molecule has 3 nitrogen and oxygen atoms in total. The van der Waals surface area contributed by atoms with Gasteiger partial charge in [-0.2, -0.15) is 0 Å². The molecule has 0 aromatic heterocycles. The van der Waals surface area contributed by atoms with Crippen LogP contribution in [0.2, 0.25) is 0 Å². The molecule has 1 N–H and O–H groups in total. The number of fused-ring (bicyclic) bond motifs is 1. The van der Waals surface area contributed by atoms with Crippen LogP contribution in [0.1, 0.15) is 25.0 Å². The van der Waals surface area contributed by atoms with Crippen molar-refractivity contribution < 1.29 is 14.6 Å². The van der Waals surface area contributed by atoms with Gasteiger partial charge < -0.3 is 9.84 Å². The highest BCUT2D eigenvalue weighted by atomic mass is 16.5. The van der Waals surface area contributed by atoms with Crippen molar-refractivity contribution in [3.8, 4) is 5.75 Å². The van der Waals surface area contributed by atoms with Gasteiger partial charge in [0.1, 0.15) is 11.4 Å². The lowest BCUT2D eigenvalue weighted by Gasteiger charge is -2.16. The van der Waals surface area contributed by atoms with Gasteiger partial charge >= 0.3 is 5.97 Å². The van der Waals surface area contributed by atoms with Crippen LogP contribution in [0.3, 0.4) is 0 Å². The summed E-state index contributed by atoms with van der Waals surface area (Å²) in [6.45, 7) is 7.57. The quantitative estimate of drug-likeness (QED) is 0.776. The van der Waals surface area contributed by atoms with Crippen molar-refractivity contribution in [3.05, 3.63) is 35.9 Å². The first-order chi connectivity index (χ1) is 7.41. The number of hydrogen-bond donors (Lipinski definition) is 1. The van der Waals surface area contributed by atoms with Gasteiger partial charge in [0.2, 0.25) is 0 Å². The van der Waals surface area contributed by atoms with E-state index in [2.05, 4.69) is 6.58 Å². The average molecular weight is 218 g/mol. The van der Waals surface area contributed by atoms with E-state index in [4.69, 9.17) is 9.84 Å². The van der Waals surface area contributed by atoms with Gasteiger partial charge in [-0.25, -0.2) is 4.79 Å². The van der Waals surface area contributed by atoms with Crippen molar-refractivity contribution in [1.82, 2.24) is 0 Å². The van der Waals surface area contributed by atoms with E-state index in [-0.39, 0.29) is 11.2 Å². The maximum absolute atomic E-state index is 10.9. The number of benzene rings is 1. The predicted molar refractivity (Wildman–Crippen MR) is 61.5 cm³/mol. The summed E-state index contributed by atoms with van der Waals surface area (Å²) in [5.74, 6) is -0.219. The van der Waals surface area contributed by atoms with Crippen LogP contribution in [0.15, 0.2) is 24.8 Å². The van der Waals surface area contributed by atoms with Crippen LogP contribution in [0.5, 0.6) is 5.75 Å². The first-order valence-electron chi connectivity index (χ1n) is 5.14. The molecule has 0 bridgehead atoms. The van der Waals surface area contributed by atoms with Crippen molar-refractivity contribution in [2.45, 2.75) is 25.9 Å². The fourth-order valence-corrected chi connectivity index (χ4v) is 2.00. The highest BCUT2D eigenvalue weighted by molar-refractivity contribution is 6.15. The zero-order valence-corrected chi connectivity index (χ0v) is 9.41. The monoisotopic (exact) mass is 218 g/mol. The Bertz CT molecular complexity index is 472. The molecule has 0 saturated heterocycles. The molecule has 0 saturated carbocycles. The van der Waals surface area contributed by atoms with Crippen molar-refractivity contribution in [3.63, 3.8) is 0 Å². The minimum atomic E-state index is -0.988. The van der Waals surface area contributed by atoms with Gasteiger partial charge in [0, 0.05) is 12.0 Å². The Morgan fingerprint density at radius 1 is 1.50 bits per heavy atom. The molecule has 1 heterocycles. The van der Waals surface area contributed by atoms with Crippen LogP contribution in [-0.2, 0) is 11.2 Å². The normalized spacial score (nSPS) is 16.4. The summed E-state index contributed by atoms with van der Waals surface area (Å²) >= 11 is 0. The van der Waals surface area contributed by atoms with Crippen molar-refractivity contribution in [2.24, 2.45) is 0 Å². The lowest BCUT2D eigenvalue weighted by molar-refractivity contribution is -0.130. The number of ether oxygens (including phenoxy) is 1. The molecule has 0 fully saturated rings. The Morgan fingerprint density at radius 3 is 2.81 bits per heavy atom. The maximum atomic E-state index is 10.9. The number of hydrogen-bond acceptors (Lipinski definition) is 2. The van der Waals surface area contributed by atoms with Crippen LogP contribution in [0, 0.1) is 0 Å². The molecule has 1 aliphatic heterocycles. The molecule has 0 atom stereocenters. The number of carboxylic acid groups (broad SMARTS) is 1. The highest BCUT2D eigenvalue weighted by Crippen LogP contribution is 2.38. The van der Waals surface area contributed by atoms with Crippen molar-refractivity contribution in [2.75, 3.05) is 0 Å². The van der Waals surface area contributed by atoms with Crippen LogP contribution in [-0.4, -0.2) is 16.7 Å². The van der Waals surface area contributed by atoms with Crippen LogP contribution >= 0.6 is 0 Å². The minimum absolute atomic E-state index is 0.123. The molecule has 1 aromatic rings. The van der Waals surface area contributed by atoms with Crippen molar-refractivity contribution >= 4 is 11.5 Å². The van der Waals surface area contributed by atoms with E-state index in [0.29, 0.717) is 12.0 Å². The molecular weight excluding hydrogens is 204 g/mol. The van der Waals surface area contributed by atoms with E-state index in [1.807, 2.05) is 19.9 Å². The first-order valence-corrected chi connectivity index (χ1v) is 5.14. The molecule has 0 radical (unpaired) electrons. The van der Waals surface area contributed by atoms with Crippen LogP contribution in [0.25, 0.3) is 5.57 Å². The van der Waals surface area contributed by atoms with E-state index >= 15 is 0 Å². The standard InChI is InChI=1S/C13H14O3/c1-8(12(14)15)9-5-4-6-11-10(9)7-13(2,3)16-11/h4-6H,1,7H2,2-3H3,(H,14,15). The lowest BCUT2D eigenvalue weighted by Crippen LogP contribution is -2.24.